The van der Waals surface area contributed by atoms with Crippen LogP contribution in [0.2, 0.25) is 0 Å². The van der Waals surface area contributed by atoms with Gasteiger partial charge in [0.2, 0.25) is 0 Å². The molecule has 2 rings (SSSR count). The van der Waals surface area contributed by atoms with E-state index >= 15 is 0 Å². The number of nitrogens with zero attached hydrogens (tertiary/aromatic N) is 2. The molecule has 2 heterocycles. The van der Waals surface area contributed by atoms with Gasteiger partial charge in [-0.05, 0) is 32.3 Å². The van der Waals surface area contributed by atoms with Gasteiger partial charge in [0.05, 0.1) is 6.10 Å². The highest BCUT2D eigenvalue weighted by molar-refractivity contribution is 5.94. The van der Waals surface area contributed by atoms with E-state index in [2.05, 4.69) is 0 Å². The maximum Gasteiger partial charge on any atom is 0.254 e. The summed E-state index contributed by atoms with van der Waals surface area (Å²) < 4.78 is 1.45. The highest BCUT2D eigenvalue weighted by atomic mass is 16.3. The molecular formula is C16H24N2O3. The number of aryl methyl sites for hydroxylation is 1. The number of aromatic nitrogens is 1. The molecule has 2 unspecified atom stereocenters. The molecule has 1 aromatic heterocycles. The summed E-state index contributed by atoms with van der Waals surface area (Å²) in [7, 11) is 1.67. The highest BCUT2D eigenvalue weighted by Crippen LogP contribution is 2.22. The minimum atomic E-state index is -0.424. The van der Waals surface area contributed by atoms with Crippen LogP contribution < -0.4 is 5.56 Å². The first-order valence-electron chi connectivity index (χ1n) is 7.64. The Morgan fingerprint density at radius 1 is 1.43 bits per heavy atom. The lowest BCUT2D eigenvalue weighted by Crippen LogP contribution is -2.42. The molecule has 0 aromatic carbocycles. The fraction of sp³-hybridized carbons (Fsp3) is 0.625. The number of hydrogen-bond acceptors (Lipinski definition) is 3. The number of carbonyl (C=O) groups is 1. The molecule has 21 heavy (non-hydrogen) atoms. The van der Waals surface area contributed by atoms with Crippen molar-refractivity contribution in [3.63, 3.8) is 0 Å². The van der Waals surface area contributed by atoms with E-state index in [-0.39, 0.29) is 17.5 Å². The number of rotatable bonds is 3. The van der Waals surface area contributed by atoms with Gasteiger partial charge in [0.25, 0.3) is 11.5 Å². The second-order valence-corrected chi connectivity index (χ2v) is 5.95. The van der Waals surface area contributed by atoms with E-state index in [4.69, 9.17) is 0 Å². The van der Waals surface area contributed by atoms with Gasteiger partial charge < -0.3 is 14.6 Å². The van der Waals surface area contributed by atoms with Crippen LogP contribution in [0.25, 0.3) is 0 Å². The molecule has 0 bridgehead atoms. The van der Waals surface area contributed by atoms with Crippen molar-refractivity contribution in [2.45, 2.75) is 51.2 Å². The van der Waals surface area contributed by atoms with Gasteiger partial charge in [-0.25, -0.2) is 0 Å². The predicted octanol–water partition coefficient (Wildman–Crippen LogP) is 1.54. The summed E-state index contributed by atoms with van der Waals surface area (Å²) in [6, 6.07) is 3.14. The molecule has 1 fully saturated rings. The van der Waals surface area contributed by atoms with Gasteiger partial charge in [0.1, 0.15) is 0 Å². The van der Waals surface area contributed by atoms with Crippen LogP contribution in [0.3, 0.4) is 0 Å². The largest absolute Gasteiger partial charge is 0.393 e. The summed E-state index contributed by atoms with van der Waals surface area (Å²) in [5.41, 5.74) is 0.262. The van der Waals surface area contributed by atoms with Gasteiger partial charge in [-0.2, -0.15) is 0 Å². The Hall–Kier alpha value is -1.62. The maximum absolute atomic E-state index is 12.7. The quantitative estimate of drug-likeness (QED) is 0.919. The first-order chi connectivity index (χ1) is 9.99. The summed E-state index contributed by atoms with van der Waals surface area (Å²) in [5, 5.41) is 9.66. The molecule has 5 nitrogen and oxygen atoms in total. The van der Waals surface area contributed by atoms with E-state index in [1.165, 1.54) is 10.6 Å². The zero-order chi connectivity index (χ0) is 15.4. The first kappa shape index (κ1) is 15.8. The molecule has 1 N–H and O–H groups in total. The molecule has 1 amide bonds. The summed E-state index contributed by atoms with van der Waals surface area (Å²) in [6.07, 6.45) is 5.88. The number of pyridine rings is 1. The number of carbonyl (C=O) groups excluding carboxylic acids is 1. The van der Waals surface area contributed by atoms with Gasteiger partial charge in [-0.1, -0.05) is 12.8 Å². The van der Waals surface area contributed by atoms with Crippen LogP contribution in [0, 0.1) is 0 Å². The Bertz CT molecular complexity index is 551. The highest BCUT2D eigenvalue weighted by Gasteiger charge is 2.27. The van der Waals surface area contributed by atoms with Crippen LogP contribution in [0.1, 0.15) is 49.4 Å². The standard InChI is InChI=1S/C16H24N2O3/c1-12(19)10-14-6-4-3-5-8-18(14)16(21)13-7-9-17(2)15(20)11-13/h7,9,11-12,14,19H,3-6,8,10H2,1-2H3. The smallest absolute Gasteiger partial charge is 0.254 e. The Morgan fingerprint density at radius 2 is 2.19 bits per heavy atom. The average molecular weight is 292 g/mol. The summed E-state index contributed by atoms with van der Waals surface area (Å²) >= 11 is 0. The van der Waals surface area contributed by atoms with Gasteiger partial charge >= 0.3 is 0 Å². The van der Waals surface area contributed by atoms with Crippen molar-refractivity contribution in [2.24, 2.45) is 7.05 Å². The summed E-state index contributed by atoms with van der Waals surface area (Å²) in [5.74, 6) is -0.0970. The molecule has 1 aliphatic heterocycles. The zero-order valence-electron chi connectivity index (χ0n) is 12.8. The molecule has 0 aliphatic carbocycles. The maximum atomic E-state index is 12.7. The Morgan fingerprint density at radius 3 is 2.86 bits per heavy atom. The van der Waals surface area contributed by atoms with Gasteiger partial charge in [-0.15, -0.1) is 0 Å². The first-order valence-corrected chi connectivity index (χ1v) is 7.64. The molecule has 0 saturated carbocycles. The molecule has 5 heteroatoms. The van der Waals surface area contributed by atoms with E-state index in [9.17, 15) is 14.7 Å². The molecule has 0 radical (unpaired) electrons. The molecular weight excluding hydrogens is 268 g/mol. The SMILES string of the molecule is CC(O)CC1CCCCCN1C(=O)c1ccn(C)c(=O)c1. The molecule has 116 valence electrons. The van der Waals surface area contributed by atoms with Crippen LogP contribution in [0.4, 0.5) is 0 Å². The Labute approximate surface area is 125 Å². The Balaban J connectivity index is 2.23. The third-order valence-corrected chi connectivity index (χ3v) is 4.10. The Kier molecular flexibility index (Phi) is 5.17. The van der Waals surface area contributed by atoms with Crippen LogP contribution >= 0.6 is 0 Å². The summed E-state index contributed by atoms with van der Waals surface area (Å²) in [6.45, 7) is 2.46. The predicted molar refractivity (Wildman–Crippen MR) is 81.3 cm³/mol. The third kappa shape index (κ3) is 3.94. The van der Waals surface area contributed by atoms with E-state index in [0.29, 0.717) is 18.5 Å². The monoisotopic (exact) mass is 292 g/mol. The van der Waals surface area contributed by atoms with Gasteiger partial charge in [-0.3, -0.25) is 9.59 Å². The fourth-order valence-corrected chi connectivity index (χ4v) is 2.93. The van der Waals surface area contributed by atoms with E-state index < -0.39 is 6.10 Å². The molecule has 1 aliphatic rings. The fourth-order valence-electron chi connectivity index (χ4n) is 2.93. The normalized spacial score (nSPS) is 20.9. The van der Waals surface area contributed by atoms with Crippen molar-refractivity contribution in [1.82, 2.24) is 9.47 Å². The number of aliphatic hydroxyl groups excluding tert-OH is 1. The van der Waals surface area contributed by atoms with E-state index in [0.717, 1.165) is 25.7 Å². The van der Waals surface area contributed by atoms with Crippen molar-refractivity contribution in [2.75, 3.05) is 6.54 Å². The van der Waals surface area contributed by atoms with Crippen LogP contribution in [0.5, 0.6) is 0 Å². The van der Waals surface area contributed by atoms with Gasteiger partial charge in [0, 0.05) is 37.5 Å². The van der Waals surface area contributed by atoms with Crippen LogP contribution in [0.15, 0.2) is 23.1 Å². The van der Waals surface area contributed by atoms with E-state index in [1.54, 1.807) is 26.2 Å². The minimum Gasteiger partial charge on any atom is -0.393 e. The number of amides is 1. The van der Waals surface area contributed by atoms with Crippen LogP contribution in [-0.2, 0) is 7.05 Å². The second-order valence-electron chi connectivity index (χ2n) is 5.95. The summed E-state index contributed by atoms with van der Waals surface area (Å²) in [4.78, 5) is 26.3. The van der Waals surface area contributed by atoms with Gasteiger partial charge in [0.15, 0.2) is 0 Å². The molecule has 0 spiro atoms. The molecule has 1 saturated heterocycles. The second kappa shape index (κ2) is 6.89. The minimum absolute atomic E-state index is 0.0593. The van der Waals surface area contributed by atoms with Crippen molar-refractivity contribution < 1.29 is 9.90 Å². The van der Waals surface area contributed by atoms with Crippen molar-refractivity contribution >= 4 is 5.91 Å². The number of hydrogen-bond donors (Lipinski definition) is 1. The topological polar surface area (TPSA) is 62.5 Å². The molecule has 1 aromatic rings. The van der Waals surface area contributed by atoms with Crippen molar-refractivity contribution in [1.29, 1.82) is 0 Å². The van der Waals surface area contributed by atoms with E-state index in [1.807, 2.05) is 4.90 Å². The van der Waals surface area contributed by atoms with Crippen molar-refractivity contribution in [3.05, 3.63) is 34.2 Å². The zero-order valence-corrected chi connectivity index (χ0v) is 12.8. The molecule has 2 atom stereocenters. The number of aliphatic hydroxyl groups is 1. The van der Waals surface area contributed by atoms with Crippen LogP contribution in [-0.4, -0.2) is 39.2 Å². The number of likely N-dealkylation sites (tertiary alicyclic amines) is 1. The third-order valence-electron chi connectivity index (χ3n) is 4.10. The lowest BCUT2D eigenvalue weighted by atomic mass is 10.0. The lowest BCUT2D eigenvalue weighted by molar-refractivity contribution is 0.0607. The lowest BCUT2D eigenvalue weighted by Gasteiger charge is -2.31. The van der Waals surface area contributed by atoms with Crippen molar-refractivity contribution in [3.8, 4) is 0 Å². The average Bonchev–Trinajstić information content (AvgIpc) is 2.66.